The highest BCUT2D eigenvalue weighted by Gasteiger charge is 2.27. The van der Waals surface area contributed by atoms with E-state index in [9.17, 15) is 9.59 Å². The molecule has 1 amide bonds. The lowest BCUT2D eigenvalue weighted by atomic mass is 9.92. The van der Waals surface area contributed by atoms with Crippen LogP contribution in [0.3, 0.4) is 0 Å². The Morgan fingerprint density at radius 3 is 2.50 bits per heavy atom. The summed E-state index contributed by atoms with van der Waals surface area (Å²) in [6.07, 6.45) is 3.40. The average Bonchev–Trinajstić information content (AvgIpc) is 2.81. The third kappa shape index (κ3) is 4.47. The third-order valence-electron chi connectivity index (χ3n) is 4.19. The van der Waals surface area contributed by atoms with Gasteiger partial charge in [0.25, 0.3) is 0 Å². The van der Waals surface area contributed by atoms with E-state index in [1.807, 2.05) is 32.4 Å². The van der Waals surface area contributed by atoms with Crippen molar-refractivity contribution in [1.82, 2.24) is 9.47 Å². The number of hydrogen-bond donors (Lipinski definition) is 0. The van der Waals surface area contributed by atoms with Crippen molar-refractivity contribution in [3.8, 4) is 0 Å². The van der Waals surface area contributed by atoms with Crippen LogP contribution in [0.4, 0.5) is 4.79 Å². The Morgan fingerprint density at radius 2 is 2.00 bits per heavy atom. The highest BCUT2D eigenvalue weighted by atomic mass is 32.1. The number of aromatic nitrogens is 1. The molecule has 0 saturated carbocycles. The number of rotatable bonds is 3. The Morgan fingerprint density at radius 1 is 1.38 bits per heavy atom. The maximum absolute atomic E-state index is 12.1. The van der Waals surface area contributed by atoms with Crippen molar-refractivity contribution in [3.05, 3.63) is 15.4 Å². The molecule has 0 spiro atoms. The van der Waals surface area contributed by atoms with Gasteiger partial charge in [0.2, 0.25) is 0 Å². The molecule has 6 nitrogen and oxygen atoms in total. The topological polar surface area (TPSA) is 63.9 Å². The molecular weight excluding hydrogens is 326 g/mol. The summed E-state index contributed by atoms with van der Waals surface area (Å²) in [5, 5.41) is 0. The molecule has 0 radical (unpaired) electrons. The van der Waals surface area contributed by atoms with E-state index in [4.69, 9.17) is 4.74 Å². The van der Waals surface area contributed by atoms with Gasteiger partial charge in [-0.1, -0.05) is 0 Å². The molecule has 0 atom stereocenters. The highest BCUT2D eigenvalue weighted by molar-refractivity contribution is 7.09. The second-order valence-corrected chi connectivity index (χ2v) is 8.27. The summed E-state index contributed by atoms with van der Waals surface area (Å²) >= 11 is 1.58. The Balaban J connectivity index is 1.97. The Hall–Kier alpha value is -1.63. The predicted molar refractivity (Wildman–Crippen MR) is 94.4 cm³/mol. The van der Waals surface area contributed by atoms with Gasteiger partial charge in [0.15, 0.2) is 11.1 Å². The van der Waals surface area contributed by atoms with Crippen LogP contribution < -0.4 is 4.80 Å². The van der Waals surface area contributed by atoms with Gasteiger partial charge in [-0.3, -0.25) is 9.79 Å². The maximum atomic E-state index is 12.1. The van der Waals surface area contributed by atoms with Crippen molar-refractivity contribution in [3.63, 3.8) is 0 Å². The lowest BCUT2D eigenvalue weighted by molar-refractivity contribution is 0.0184. The first-order chi connectivity index (χ1) is 11.2. The quantitative estimate of drug-likeness (QED) is 0.785. The molecule has 2 rings (SSSR count). The van der Waals surface area contributed by atoms with E-state index in [0.717, 1.165) is 40.9 Å². The molecule has 1 fully saturated rings. The molecule has 1 aromatic rings. The smallest absolute Gasteiger partial charge is 0.410 e. The largest absolute Gasteiger partial charge is 0.444 e. The van der Waals surface area contributed by atoms with Crippen molar-refractivity contribution >= 4 is 23.7 Å². The van der Waals surface area contributed by atoms with E-state index in [-0.39, 0.29) is 6.09 Å². The van der Waals surface area contributed by atoms with Gasteiger partial charge in [0.1, 0.15) is 5.60 Å². The Kier molecular flexibility index (Phi) is 5.85. The number of carbonyl (C=O) groups excluding carboxylic acids is 2. The zero-order chi connectivity index (χ0) is 17.9. The van der Waals surface area contributed by atoms with E-state index in [1.54, 1.807) is 23.3 Å². The van der Waals surface area contributed by atoms with E-state index >= 15 is 0 Å². The van der Waals surface area contributed by atoms with Crippen LogP contribution in [0.1, 0.15) is 49.0 Å². The van der Waals surface area contributed by atoms with Crippen LogP contribution in [0.15, 0.2) is 4.99 Å². The minimum Gasteiger partial charge on any atom is -0.444 e. The van der Waals surface area contributed by atoms with Crippen LogP contribution >= 0.6 is 11.3 Å². The maximum Gasteiger partial charge on any atom is 0.410 e. The van der Waals surface area contributed by atoms with Crippen LogP contribution in [0.2, 0.25) is 0 Å². The molecule has 134 valence electrons. The molecular formula is C17H27N3O3S. The average molecular weight is 353 g/mol. The summed E-state index contributed by atoms with van der Waals surface area (Å²) < 4.78 is 7.28. The predicted octanol–water partition coefficient (Wildman–Crippen LogP) is 2.62. The second kappa shape index (κ2) is 7.51. The number of ether oxygens (including phenoxy) is 1. The number of piperidine rings is 1. The fourth-order valence-electron chi connectivity index (χ4n) is 2.92. The van der Waals surface area contributed by atoms with Crippen LogP contribution in [0, 0.1) is 5.92 Å². The number of nitrogens with zero attached hydrogens (tertiary/aromatic N) is 3. The molecule has 1 aliphatic heterocycles. The molecule has 0 bridgehead atoms. The van der Waals surface area contributed by atoms with E-state index in [0.29, 0.717) is 19.0 Å². The summed E-state index contributed by atoms with van der Waals surface area (Å²) in [5.74, 6) is 0.478. The number of amides is 1. The number of likely N-dealkylation sites (tertiary alicyclic amines) is 1. The summed E-state index contributed by atoms with van der Waals surface area (Å²) in [6.45, 7) is 7.06. The minimum atomic E-state index is -0.460. The lowest BCUT2D eigenvalue weighted by Crippen LogP contribution is -2.42. The van der Waals surface area contributed by atoms with E-state index < -0.39 is 5.60 Å². The molecule has 1 aliphatic rings. The normalized spacial score (nSPS) is 17.2. The molecule has 7 heteroatoms. The molecule has 0 aromatic carbocycles. The molecule has 0 unspecified atom stereocenters. The van der Waals surface area contributed by atoms with E-state index in [1.165, 1.54) is 0 Å². The summed E-state index contributed by atoms with van der Waals surface area (Å²) in [4.78, 5) is 31.4. The van der Waals surface area contributed by atoms with Gasteiger partial charge in [-0.25, -0.2) is 4.79 Å². The highest BCUT2D eigenvalue weighted by Crippen LogP contribution is 2.25. The van der Waals surface area contributed by atoms with Crippen LogP contribution in [0.25, 0.3) is 0 Å². The number of thiazole rings is 1. The summed E-state index contributed by atoms with van der Waals surface area (Å²) in [6, 6.07) is 0. The van der Waals surface area contributed by atoms with Gasteiger partial charge >= 0.3 is 6.09 Å². The molecule has 2 heterocycles. The van der Waals surface area contributed by atoms with Crippen LogP contribution in [-0.4, -0.2) is 47.6 Å². The van der Waals surface area contributed by atoms with Gasteiger partial charge in [-0.15, -0.1) is 11.3 Å². The van der Waals surface area contributed by atoms with Crippen molar-refractivity contribution in [2.45, 2.75) is 45.6 Å². The van der Waals surface area contributed by atoms with Crippen LogP contribution in [0.5, 0.6) is 0 Å². The van der Waals surface area contributed by atoms with Crippen molar-refractivity contribution in [2.75, 3.05) is 20.1 Å². The first kappa shape index (κ1) is 18.7. The Bertz CT molecular complexity index is 662. The summed E-state index contributed by atoms with van der Waals surface area (Å²) in [5.41, 5.74) is 0.258. The lowest BCUT2D eigenvalue weighted by Gasteiger charge is -2.33. The Labute approximate surface area is 147 Å². The number of aldehydes is 1. The molecule has 0 aliphatic carbocycles. The van der Waals surface area contributed by atoms with Gasteiger partial charge < -0.3 is 14.2 Å². The first-order valence-electron chi connectivity index (χ1n) is 8.29. The fraction of sp³-hybridized carbons (Fsp3) is 0.706. The molecule has 0 N–H and O–H groups in total. The molecule has 24 heavy (non-hydrogen) atoms. The van der Waals surface area contributed by atoms with Crippen molar-refractivity contribution in [1.29, 1.82) is 0 Å². The van der Waals surface area contributed by atoms with Gasteiger partial charge in [-0.05, 0) is 46.0 Å². The van der Waals surface area contributed by atoms with Gasteiger partial charge in [-0.2, -0.15) is 0 Å². The summed E-state index contributed by atoms with van der Waals surface area (Å²) in [7, 11) is 3.61. The number of carbonyl (C=O) groups is 2. The standard InChI is InChI=1S/C17H27N3O3S/c1-17(2,3)23-16(22)20-8-6-12(7-9-20)10-14-13(11-21)19(5)15(18-4)24-14/h11-12H,6-10H2,1-5H3. The van der Waals surface area contributed by atoms with Gasteiger partial charge in [0.05, 0.1) is 5.69 Å². The monoisotopic (exact) mass is 353 g/mol. The fourth-order valence-corrected chi connectivity index (χ4v) is 4.07. The zero-order valence-electron chi connectivity index (χ0n) is 15.2. The second-order valence-electron chi connectivity index (χ2n) is 7.21. The van der Waals surface area contributed by atoms with Crippen molar-refractivity contribution in [2.24, 2.45) is 18.0 Å². The van der Waals surface area contributed by atoms with Gasteiger partial charge in [0, 0.05) is 32.1 Å². The number of hydrogen-bond acceptors (Lipinski definition) is 5. The SMILES string of the molecule is CN=c1sc(CC2CCN(C(=O)OC(C)(C)C)CC2)c(C=O)n1C. The third-order valence-corrected chi connectivity index (χ3v) is 5.45. The molecule has 1 aromatic heterocycles. The molecule has 1 saturated heterocycles. The van der Waals surface area contributed by atoms with Crippen LogP contribution in [-0.2, 0) is 18.2 Å². The zero-order valence-corrected chi connectivity index (χ0v) is 16.0. The minimum absolute atomic E-state index is 0.232. The van der Waals surface area contributed by atoms with Crippen molar-refractivity contribution < 1.29 is 14.3 Å². The van der Waals surface area contributed by atoms with E-state index in [2.05, 4.69) is 4.99 Å². The first-order valence-corrected chi connectivity index (χ1v) is 9.11.